The number of esters is 1. The molecule has 37 heavy (non-hydrogen) atoms. The first-order valence-electron chi connectivity index (χ1n) is 12.4. The minimum atomic E-state index is -1.04. The fourth-order valence-electron chi connectivity index (χ4n) is 4.65. The highest BCUT2D eigenvalue weighted by Gasteiger charge is 2.26. The monoisotopic (exact) mass is 505 g/mol. The van der Waals surface area contributed by atoms with Gasteiger partial charge in [0, 0.05) is 24.0 Å². The number of pyridine rings is 1. The van der Waals surface area contributed by atoms with Crippen LogP contribution in [0.2, 0.25) is 0 Å². The number of aliphatic hydroxyl groups excluding tert-OH is 2. The molecule has 2 heterocycles. The van der Waals surface area contributed by atoms with Gasteiger partial charge in [-0.1, -0.05) is 50.3 Å². The molecule has 2 atom stereocenters. The summed E-state index contributed by atoms with van der Waals surface area (Å²) in [6.45, 7) is 4.57. The van der Waals surface area contributed by atoms with E-state index in [1.165, 1.54) is 19.2 Å². The molecule has 0 fully saturated rings. The van der Waals surface area contributed by atoms with Crippen LogP contribution in [-0.2, 0) is 16.0 Å². The van der Waals surface area contributed by atoms with Crippen LogP contribution >= 0.6 is 0 Å². The second-order valence-corrected chi connectivity index (χ2v) is 9.47. The van der Waals surface area contributed by atoms with Gasteiger partial charge in [-0.3, -0.25) is 9.78 Å². The highest BCUT2D eigenvalue weighted by atomic mass is 19.1. The summed E-state index contributed by atoms with van der Waals surface area (Å²) in [6, 6.07) is 14.2. The molecule has 194 valence electrons. The third-order valence-electron chi connectivity index (χ3n) is 6.43. The second-order valence-electron chi connectivity index (χ2n) is 9.47. The highest BCUT2D eigenvalue weighted by Crippen LogP contribution is 2.42. The minimum absolute atomic E-state index is 0.0198. The summed E-state index contributed by atoms with van der Waals surface area (Å²) in [5.41, 5.74) is 6.12. The van der Waals surface area contributed by atoms with Crippen molar-refractivity contribution in [1.29, 1.82) is 0 Å². The van der Waals surface area contributed by atoms with Gasteiger partial charge in [0.05, 0.1) is 43.7 Å². The summed E-state index contributed by atoms with van der Waals surface area (Å²) in [5, 5.41) is 20.8. The van der Waals surface area contributed by atoms with E-state index in [0.29, 0.717) is 13.0 Å². The Labute approximate surface area is 216 Å². The lowest BCUT2D eigenvalue weighted by Crippen LogP contribution is -2.20. The average molecular weight is 506 g/mol. The second kappa shape index (κ2) is 11.7. The lowest BCUT2D eigenvalue weighted by atomic mass is 9.86. The molecule has 2 N–H and O–H groups in total. The van der Waals surface area contributed by atoms with Crippen LogP contribution in [0.25, 0.3) is 28.5 Å². The summed E-state index contributed by atoms with van der Waals surface area (Å²) in [7, 11) is 1.25. The Morgan fingerprint density at radius 2 is 1.89 bits per heavy atom. The molecule has 0 spiro atoms. The van der Waals surface area contributed by atoms with Gasteiger partial charge in [-0.15, -0.1) is 0 Å². The topological polar surface area (TPSA) is 88.9 Å². The fraction of sp³-hybridized carbons (Fsp3) is 0.333. The van der Waals surface area contributed by atoms with E-state index in [0.717, 1.165) is 45.0 Å². The van der Waals surface area contributed by atoms with E-state index < -0.39 is 18.2 Å². The predicted octanol–water partition coefficient (Wildman–Crippen LogP) is 5.30. The summed E-state index contributed by atoms with van der Waals surface area (Å²) in [4.78, 5) is 16.6. The first-order chi connectivity index (χ1) is 17.8. The molecule has 0 saturated carbocycles. The van der Waals surface area contributed by atoms with E-state index in [2.05, 4.69) is 18.6 Å². The van der Waals surface area contributed by atoms with Crippen LogP contribution in [0, 0.1) is 5.82 Å². The van der Waals surface area contributed by atoms with Crippen LogP contribution in [-0.4, -0.2) is 47.1 Å². The molecule has 0 amide bonds. The highest BCUT2D eigenvalue weighted by molar-refractivity contribution is 5.86. The third-order valence-corrected chi connectivity index (χ3v) is 6.43. The van der Waals surface area contributed by atoms with Crippen molar-refractivity contribution >= 4 is 12.0 Å². The maximum Gasteiger partial charge on any atom is 0.308 e. The summed E-state index contributed by atoms with van der Waals surface area (Å²) >= 11 is 0. The van der Waals surface area contributed by atoms with Crippen LogP contribution in [0.3, 0.4) is 0 Å². The molecule has 0 radical (unpaired) electrons. The van der Waals surface area contributed by atoms with Crippen molar-refractivity contribution in [3.8, 4) is 28.1 Å². The van der Waals surface area contributed by atoms with Crippen molar-refractivity contribution in [2.75, 3.05) is 13.7 Å². The summed E-state index contributed by atoms with van der Waals surface area (Å²) < 4.78 is 24.5. The molecule has 0 bridgehead atoms. The SMILES string of the molecule is COC(=O)CC(O)CC(O)/C=C/c1c(C(C)C)nc2c(c1-c1ccc(F)cc1)CCOc1ccccc1-2. The van der Waals surface area contributed by atoms with Gasteiger partial charge >= 0.3 is 5.97 Å². The molecule has 1 aliphatic rings. The van der Waals surface area contributed by atoms with Gasteiger partial charge in [-0.25, -0.2) is 4.39 Å². The van der Waals surface area contributed by atoms with Crippen LogP contribution in [0.1, 0.15) is 49.4 Å². The Bertz CT molecular complexity index is 1290. The number of fused-ring (bicyclic) bond motifs is 3. The number of hydrogen-bond acceptors (Lipinski definition) is 6. The maximum atomic E-state index is 13.9. The first kappa shape index (κ1) is 26.5. The zero-order valence-corrected chi connectivity index (χ0v) is 21.3. The lowest BCUT2D eigenvalue weighted by molar-refractivity contribution is -0.143. The number of aromatic nitrogens is 1. The Morgan fingerprint density at radius 1 is 1.16 bits per heavy atom. The fourth-order valence-corrected chi connectivity index (χ4v) is 4.65. The van der Waals surface area contributed by atoms with Crippen LogP contribution < -0.4 is 4.74 Å². The Hall–Kier alpha value is -3.55. The minimum Gasteiger partial charge on any atom is -0.493 e. The number of nitrogens with zero attached hydrogens (tertiary/aromatic N) is 1. The number of para-hydroxylation sites is 1. The molecule has 0 aliphatic carbocycles. The van der Waals surface area contributed by atoms with Crippen LogP contribution in [0.4, 0.5) is 4.39 Å². The molecular weight excluding hydrogens is 473 g/mol. The van der Waals surface area contributed by atoms with Gasteiger partial charge in [0.1, 0.15) is 11.6 Å². The molecule has 1 aromatic heterocycles. The molecule has 4 rings (SSSR count). The van der Waals surface area contributed by atoms with Crippen molar-refractivity contribution in [1.82, 2.24) is 4.98 Å². The normalized spacial score (nSPS) is 14.5. The third kappa shape index (κ3) is 6.06. The number of halogens is 1. The van der Waals surface area contributed by atoms with Crippen molar-refractivity contribution in [3.05, 3.63) is 77.2 Å². The zero-order chi connectivity index (χ0) is 26.5. The van der Waals surface area contributed by atoms with E-state index in [1.54, 1.807) is 18.2 Å². The van der Waals surface area contributed by atoms with Crippen molar-refractivity contribution in [2.24, 2.45) is 0 Å². The number of rotatable bonds is 8. The van der Waals surface area contributed by atoms with Crippen molar-refractivity contribution in [2.45, 2.75) is 51.2 Å². The van der Waals surface area contributed by atoms with Gasteiger partial charge in [0.2, 0.25) is 0 Å². The number of carbonyl (C=O) groups excluding carboxylic acids is 1. The van der Waals surface area contributed by atoms with E-state index in [-0.39, 0.29) is 24.6 Å². The van der Waals surface area contributed by atoms with E-state index in [9.17, 15) is 19.4 Å². The number of aliphatic hydroxyl groups is 2. The lowest BCUT2D eigenvalue weighted by Gasteiger charge is -2.21. The zero-order valence-electron chi connectivity index (χ0n) is 21.3. The van der Waals surface area contributed by atoms with Gasteiger partial charge < -0.3 is 19.7 Å². The van der Waals surface area contributed by atoms with E-state index >= 15 is 0 Å². The van der Waals surface area contributed by atoms with Crippen molar-refractivity contribution in [3.63, 3.8) is 0 Å². The van der Waals surface area contributed by atoms with Crippen molar-refractivity contribution < 1.29 is 28.9 Å². The van der Waals surface area contributed by atoms with E-state index in [1.807, 2.05) is 30.3 Å². The predicted molar refractivity (Wildman–Crippen MR) is 141 cm³/mol. The molecular formula is C30H32FNO5. The van der Waals surface area contributed by atoms with E-state index in [4.69, 9.17) is 9.72 Å². The quantitative estimate of drug-likeness (QED) is 0.404. The summed E-state index contributed by atoms with van der Waals surface area (Å²) in [5.74, 6) is -0.0510. The number of benzene rings is 2. The molecule has 2 aromatic carbocycles. The standard InChI is InChI=1S/C30H32FNO5/c1-18(2)29-24(13-12-21(33)16-22(34)17-27(35)36-3)28(19-8-10-20(31)11-9-19)25-14-15-37-26-7-5-4-6-23(26)30(25)32-29/h4-13,18,21-22,33-34H,14-17H2,1-3H3/b13-12+. The van der Waals surface area contributed by atoms with Gasteiger partial charge in [-0.2, -0.15) is 0 Å². The number of carbonyl (C=O) groups is 1. The van der Waals surface area contributed by atoms with Crippen LogP contribution in [0.15, 0.2) is 54.6 Å². The number of ether oxygens (including phenoxy) is 2. The molecule has 6 nitrogen and oxygen atoms in total. The first-order valence-corrected chi connectivity index (χ1v) is 12.4. The molecule has 1 aliphatic heterocycles. The number of hydrogen-bond donors (Lipinski definition) is 2. The van der Waals surface area contributed by atoms with Crippen LogP contribution in [0.5, 0.6) is 5.75 Å². The molecule has 7 heteroatoms. The molecule has 3 aromatic rings. The Balaban J connectivity index is 1.86. The van der Waals surface area contributed by atoms with Gasteiger partial charge in [0.25, 0.3) is 0 Å². The number of methoxy groups -OCH3 is 1. The average Bonchev–Trinajstić information content (AvgIpc) is 3.06. The summed E-state index contributed by atoms with van der Waals surface area (Å²) in [6.07, 6.45) is 1.77. The Kier molecular flexibility index (Phi) is 8.36. The van der Waals surface area contributed by atoms with Gasteiger partial charge in [-0.05, 0) is 46.9 Å². The molecule has 0 saturated heterocycles. The smallest absolute Gasteiger partial charge is 0.308 e. The van der Waals surface area contributed by atoms with Gasteiger partial charge in [0.15, 0.2) is 0 Å². The maximum absolute atomic E-state index is 13.9. The largest absolute Gasteiger partial charge is 0.493 e. The molecule has 2 unspecified atom stereocenters. The Morgan fingerprint density at radius 3 is 2.59 bits per heavy atom.